The molecule has 6 aromatic rings. The van der Waals surface area contributed by atoms with Crippen LogP contribution in [0.4, 0.5) is 34.9 Å². The third-order valence-electron chi connectivity index (χ3n) is 8.22. The van der Waals surface area contributed by atoms with Gasteiger partial charge in [0, 0.05) is 30.6 Å². The van der Waals surface area contributed by atoms with E-state index in [4.69, 9.17) is 46.7 Å². The average Bonchev–Trinajstić information content (AvgIpc) is 3.29. The molecular weight excluding hydrogens is 829 g/mol. The van der Waals surface area contributed by atoms with Crippen LogP contribution in [0.5, 0.6) is 11.5 Å². The molecule has 25 heteroatoms. The molecule has 0 aliphatic rings. The first-order chi connectivity index (χ1) is 30.2. The highest BCUT2D eigenvalue weighted by molar-refractivity contribution is 5.94. The van der Waals surface area contributed by atoms with E-state index in [0.29, 0.717) is 51.6 Å². The lowest BCUT2D eigenvalue weighted by Gasteiger charge is -2.20. The van der Waals surface area contributed by atoms with Gasteiger partial charge in [-0.3, -0.25) is 0 Å². The van der Waals surface area contributed by atoms with Crippen molar-refractivity contribution in [2.45, 2.75) is 13.1 Å². The SMILES string of the molecule is C=O.COC(=O)COc1cc(N(C)Cc2cnc3nc(N)nc(N)c3n2)ccc1C(=O)OC.COC(=O)COc1cc(NCc2cnc3nc(N)nc(N)c3n2)ccc1C(=O)OC. The molecule has 0 saturated carbocycles. The van der Waals surface area contributed by atoms with Crippen molar-refractivity contribution in [3.8, 4) is 11.5 Å². The van der Waals surface area contributed by atoms with Crippen LogP contribution in [-0.4, -0.2) is 119 Å². The molecule has 0 unspecified atom stereocenters. The van der Waals surface area contributed by atoms with Gasteiger partial charge in [0.15, 0.2) is 47.2 Å². The number of ether oxygens (including phenoxy) is 6. The number of nitrogens with one attached hydrogen (secondary N) is 1. The first-order valence-corrected chi connectivity index (χ1v) is 17.9. The van der Waals surface area contributed by atoms with Crippen molar-refractivity contribution >= 4 is 87.9 Å². The van der Waals surface area contributed by atoms with Gasteiger partial charge in [0.25, 0.3) is 0 Å². The summed E-state index contributed by atoms with van der Waals surface area (Å²) in [6, 6.07) is 9.60. The summed E-state index contributed by atoms with van der Waals surface area (Å²) in [4.78, 5) is 89.6. The second kappa shape index (κ2) is 22.0. The molecule has 9 N–H and O–H groups in total. The molecule has 0 fully saturated rings. The van der Waals surface area contributed by atoms with Gasteiger partial charge in [0.05, 0.1) is 65.3 Å². The minimum Gasteiger partial charge on any atom is -0.481 e. The van der Waals surface area contributed by atoms with E-state index in [1.54, 1.807) is 36.5 Å². The Morgan fingerprint density at radius 2 is 1.11 bits per heavy atom. The van der Waals surface area contributed by atoms with Crippen LogP contribution in [0.25, 0.3) is 22.3 Å². The van der Waals surface area contributed by atoms with Crippen LogP contribution < -0.4 is 42.6 Å². The zero-order valence-corrected chi connectivity index (χ0v) is 34.5. The number of anilines is 6. The molecule has 25 nitrogen and oxygen atoms in total. The summed E-state index contributed by atoms with van der Waals surface area (Å²) in [6.07, 6.45) is 3.08. The van der Waals surface area contributed by atoms with Crippen LogP contribution >= 0.6 is 0 Å². The monoisotopic (exact) mass is 870 g/mol. The Labute approximate surface area is 357 Å². The van der Waals surface area contributed by atoms with Crippen molar-refractivity contribution in [1.82, 2.24) is 39.9 Å². The second-order valence-corrected chi connectivity index (χ2v) is 12.3. The molecule has 0 spiro atoms. The summed E-state index contributed by atoms with van der Waals surface area (Å²) in [5, 5.41) is 3.13. The van der Waals surface area contributed by atoms with Gasteiger partial charge in [0.2, 0.25) is 11.9 Å². The summed E-state index contributed by atoms with van der Waals surface area (Å²) in [5.41, 5.74) is 26.9. The lowest BCUT2D eigenvalue weighted by Crippen LogP contribution is -2.19. The Morgan fingerprint density at radius 3 is 1.62 bits per heavy atom. The van der Waals surface area contributed by atoms with E-state index in [9.17, 15) is 19.2 Å². The summed E-state index contributed by atoms with van der Waals surface area (Å²) < 4.78 is 29.5. The average molecular weight is 871 g/mol. The van der Waals surface area contributed by atoms with E-state index in [1.165, 1.54) is 40.7 Å². The Morgan fingerprint density at radius 1 is 0.635 bits per heavy atom. The van der Waals surface area contributed by atoms with E-state index in [2.05, 4.69) is 54.7 Å². The van der Waals surface area contributed by atoms with Crippen LogP contribution in [0.2, 0.25) is 0 Å². The number of aromatic nitrogens is 8. The lowest BCUT2D eigenvalue weighted by atomic mass is 10.1. The third kappa shape index (κ3) is 12.4. The minimum absolute atomic E-state index is 0.0188. The molecule has 4 heterocycles. The van der Waals surface area contributed by atoms with Gasteiger partial charge in [-0.2, -0.15) is 19.9 Å². The quantitative estimate of drug-likeness (QED) is 0.0750. The molecule has 0 aliphatic carbocycles. The smallest absolute Gasteiger partial charge is 0.343 e. The van der Waals surface area contributed by atoms with E-state index in [1.807, 2.05) is 18.7 Å². The highest BCUT2D eigenvalue weighted by Crippen LogP contribution is 2.28. The maximum absolute atomic E-state index is 12.0. The van der Waals surface area contributed by atoms with Crippen molar-refractivity contribution in [3.63, 3.8) is 0 Å². The molecule has 6 rings (SSSR count). The number of benzene rings is 2. The van der Waals surface area contributed by atoms with Crippen molar-refractivity contribution in [1.29, 1.82) is 0 Å². The van der Waals surface area contributed by atoms with Crippen LogP contribution in [0, 0.1) is 0 Å². The fourth-order valence-corrected chi connectivity index (χ4v) is 5.22. The number of nitrogens with zero attached hydrogens (tertiary/aromatic N) is 9. The van der Waals surface area contributed by atoms with E-state index >= 15 is 0 Å². The van der Waals surface area contributed by atoms with Gasteiger partial charge < -0.3 is 66.4 Å². The number of rotatable bonds is 14. The normalized spacial score (nSPS) is 10.2. The first kappa shape index (κ1) is 46.9. The maximum Gasteiger partial charge on any atom is 0.343 e. The van der Waals surface area contributed by atoms with Crippen molar-refractivity contribution in [2.24, 2.45) is 0 Å². The predicted octanol–water partition coefficient (Wildman–Crippen LogP) is 0.909. The molecule has 0 bridgehead atoms. The van der Waals surface area contributed by atoms with Gasteiger partial charge in [-0.15, -0.1) is 0 Å². The summed E-state index contributed by atoms with van der Waals surface area (Å²) >= 11 is 0. The summed E-state index contributed by atoms with van der Waals surface area (Å²) in [5.74, 6) is -1.71. The number of methoxy groups -OCH3 is 4. The number of nitrogen functional groups attached to an aromatic ring is 4. The van der Waals surface area contributed by atoms with Crippen LogP contribution in [0.3, 0.4) is 0 Å². The fourth-order valence-electron chi connectivity index (χ4n) is 5.22. The molecule has 330 valence electrons. The van der Waals surface area contributed by atoms with E-state index < -0.39 is 23.9 Å². The Kier molecular flexibility index (Phi) is 16.4. The lowest BCUT2D eigenvalue weighted by molar-refractivity contribution is -0.143. The van der Waals surface area contributed by atoms with Gasteiger partial charge in [-0.25, -0.2) is 39.1 Å². The zero-order chi connectivity index (χ0) is 46.2. The van der Waals surface area contributed by atoms with Crippen LogP contribution in [-0.2, 0) is 46.4 Å². The van der Waals surface area contributed by atoms with Crippen LogP contribution in [0.15, 0.2) is 48.8 Å². The second-order valence-electron chi connectivity index (χ2n) is 12.3. The molecule has 0 saturated heterocycles. The third-order valence-corrected chi connectivity index (χ3v) is 8.22. The highest BCUT2D eigenvalue weighted by atomic mass is 16.6. The molecule has 0 atom stereocenters. The maximum atomic E-state index is 12.0. The first-order valence-electron chi connectivity index (χ1n) is 17.9. The van der Waals surface area contributed by atoms with Crippen LogP contribution in [0.1, 0.15) is 32.1 Å². The predicted molar refractivity (Wildman–Crippen MR) is 225 cm³/mol. The molecule has 63 heavy (non-hydrogen) atoms. The van der Waals surface area contributed by atoms with Gasteiger partial charge in [0.1, 0.15) is 29.4 Å². The molecule has 0 aliphatic heterocycles. The van der Waals surface area contributed by atoms with E-state index in [0.717, 1.165) is 0 Å². The topological polar surface area (TPSA) is 363 Å². The number of hydrogen-bond acceptors (Lipinski definition) is 25. The Hall–Kier alpha value is -8.77. The summed E-state index contributed by atoms with van der Waals surface area (Å²) in [7, 11) is 6.80. The minimum atomic E-state index is -0.600. The molecule has 4 aromatic heterocycles. The number of carbonyl (C=O) groups excluding carboxylic acids is 5. The van der Waals surface area contributed by atoms with Gasteiger partial charge in [-0.1, -0.05) is 0 Å². The van der Waals surface area contributed by atoms with Crippen molar-refractivity contribution in [2.75, 3.05) is 81.9 Å². The van der Waals surface area contributed by atoms with Crippen molar-refractivity contribution < 1.29 is 52.4 Å². The number of nitrogens with two attached hydrogens (primary N) is 4. The number of carbonyl (C=O) groups is 5. The Balaban J connectivity index is 0.000000266. The largest absolute Gasteiger partial charge is 0.481 e. The number of hydrogen-bond donors (Lipinski definition) is 5. The van der Waals surface area contributed by atoms with Crippen molar-refractivity contribution in [3.05, 3.63) is 71.3 Å². The number of fused-ring (bicyclic) bond motifs is 2. The van der Waals surface area contributed by atoms with E-state index in [-0.39, 0.29) is 65.9 Å². The fraction of sp³-hybridized carbons (Fsp3) is 0.237. The highest BCUT2D eigenvalue weighted by Gasteiger charge is 2.19. The summed E-state index contributed by atoms with van der Waals surface area (Å²) in [6.45, 7) is 1.91. The zero-order valence-electron chi connectivity index (χ0n) is 34.5. The van der Waals surface area contributed by atoms with Gasteiger partial charge >= 0.3 is 23.9 Å². The molecule has 0 amide bonds. The standard InChI is InChI=1S/C19H21N7O5.C18H19N7O5.CH2O/c1-26(8-10-7-22-17-15(23-10)16(20)24-19(21)25-17)11-4-5-12(18(28)30-3)13(6-11)31-9-14(27)29-2;1-28-13(26)8-30-12-5-9(3-4-11(12)17(27)29-2)21-6-10-7-22-16-14(23-10)15(19)24-18(20)25-16;1-2/h4-7H,8-9H2,1-3H3,(H4,20,21,22,24,25);3-5,7,21H,6,8H2,1-2H3,(H4,19,20,22,24,25);1H2. The number of esters is 4. The molecular formula is C38H42N14O11. The molecule has 2 aromatic carbocycles. The van der Waals surface area contributed by atoms with Gasteiger partial charge in [-0.05, 0) is 24.3 Å². The molecule has 0 radical (unpaired) electrons. The Bertz CT molecular complexity index is 2620.